The minimum atomic E-state index is 0. The van der Waals surface area contributed by atoms with Gasteiger partial charge in [0.1, 0.15) is 0 Å². The second-order valence-corrected chi connectivity index (χ2v) is 2.52. The predicted molar refractivity (Wildman–Crippen MR) is 44.7 cm³/mol. The van der Waals surface area contributed by atoms with Crippen LogP contribution in [0.25, 0.3) is 0 Å². The van der Waals surface area contributed by atoms with E-state index in [1.54, 1.807) is 0 Å². The highest BCUT2D eigenvalue weighted by molar-refractivity contribution is 5.85. The first-order chi connectivity index (χ1) is 4.43. The van der Waals surface area contributed by atoms with Crippen LogP contribution in [0.3, 0.4) is 0 Å². The van der Waals surface area contributed by atoms with Crippen molar-refractivity contribution in [3.8, 4) is 0 Å². The van der Waals surface area contributed by atoms with Crippen molar-refractivity contribution in [2.24, 2.45) is 5.92 Å². The van der Waals surface area contributed by atoms with E-state index in [-0.39, 0.29) is 12.4 Å². The van der Waals surface area contributed by atoms with Gasteiger partial charge < -0.3 is 10.1 Å². The van der Waals surface area contributed by atoms with Crippen LogP contribution in [0.15, 0.2) is 0 Å². The van der Waals surface area contributed by atoms with Crippen molar-refractivity contribution in [1.82, 2.24) is 5.32 Å². The van der Waals surface area contributed by atoms with Crippen LogP contribution in [0.5, 0.6) is 0 Å². The van der Waals surface area contributed by atoms with E-state index >= 15 is 0 Å². The zero-order chi connectivity index (χ0) is 6.53. The quantitative estimate of drug-likeness (QED) is 0.675. The van der Waals surface area contributed by atoms with Gasteiger partial charge in [0.2, 0.25) is 0 Å². The van der Waals surface area contributed by atoms with Gasteiger partial charge in [-0.1, -0.05) is 0 Å². The molecule has 0 aliphatic carbocycles. The largest absolute Gasteiger partial charge is 0.381 e. The van der Waals surface area contributed by atoms with Gasteiger partial charge in [0.25, 0.3) is 0 Å². The van der Waals surface area contributed by atoms with E-state index in [0.717, 1.165) is 25.7 Å². The van der Waals surface area contributed by atoms with Gasteiger partial charge in [0.05, 0.1) is 6.61 Å². The lowest BCUT2D eigenvalue weighted by Crippen LogP contribution is -2.13. The van der Waals surface area contributed by atoms with Gasteiger partial charge >= 0.3 is 0 Å². The Morgan fingerprint density at radius 1 is 1.60 bits per heavy atom. The van der Waals surface area contributed by atoms with Crippen LogP contribution in [0.4, 0.5) is 0 Å². The van der Waals surface area contributed by atoms with Crippen LogP contribution in [-0.2, 0) is 4.74 Å². The SMILES string of the molecule is CCOCC1CCNC1.Cl. The monoisotopic (exact) mass is 165 g/mol. The molecule has 1 fully saturated rings. The van der Waals surface area contributed by atoms with Crippen LogP contribution < -0.4 is 5.32 Å². The van der Waals surface area contributed by atoms with Crippen molar-refractivity contribution in [2.75, 3.05) is 26.3 Å². The van der Waals surface area contributed by atoms with Crippen molar-refractivity contribution in [2.45, 2.75) is 13.3 Å². The Bertz CT molecular complexity index is 74.0. The van der Waals surface area contributed by atoms with E-state index in [9.17, 15) is 0 Å². The molecule has 0 saturated carbocycles. The zero-order valence-corrected chi connectivity index (χ0v) is 7.25. The molecule has 0 aromatic rings. The molecule has 0 aromatic heterocycles. The maximum absolute atomic E-state index is 5.28. The standard InChI is InChI=1S/C7H15NO.ClH/c1-2-9-6-7-3-4-8-5-7;/h7-8H,2-6H2,1H3;1H. The molecule has 1 rings (SSSR count). The van der Waals surface area contributed by atoms with Crippen LogP contribution in [0.2, 0.25) is 0 Å². The molecular formula is C7H16ClNO. The van der Waals surface area contributed by atoms with Crippen molar-refractivity contribution in [3.05, 3.63) is 0 Å². The summed E-state index contributed by atoms with van der Waals surface area (Å²) in [6.45, 7) is 6.18. The number of hydrogen-bond acceptors (Lipinski definition) is 2. The van der Waals surface area contributed by atoms with Crippen LogP contribution in [-0.4, -0.2) is 26.3 Å². The molecule has 10 heavy (non-hydrogen) atoms. The third kappa shape index (κ3) is 3.40. The van der Waals surface area contributed by atoms with Gasteiger partial charge in [-0.3, -0.25) is 0 Å². The fraction of sp³-hybridized carbons (Fsp3) is 1.00. The van der Waals surface area contributed by atoms with E-state index < -0.39 is 0 Å². The summed E-state index contributed by atoms with van der Waals surface area (Å²) in [4.78, 5) is 0. The number of halogens is 1. The second kappa shape index (κ2) is 5.96. The maximum Gasteiger partial charge on any atom is 0.0506 e. The predicted octanol–water partition coefficient (Wildman–Crippen LogP) is 1.05. The van der Waals surface area contributed by atoms with Crippen molar-refractivity contribution >= 4 is 12.4 Å². The number of nitrogens with one attached hydrogen (secondary N) is 1. The molecule has 0 radical (unpaired) electrons. The normalized spacial score (nSPS) is 24.3. The summed E-state index contributed by atoms with van der Waals surface area (Å²) >= 11 is 0. The number of rotatable bonds is 3. The van der Waals surface area contributed by atoms with E-state index in [4.69, 9.17) is 4.74 Å². The Morgan fingerprint density at radius 3 is 2.90 bits per heavy atom. The molecule has 0 aromatic carbocycles. The zero-order valence-electron chi connectivity index (χ0n) is 6.43. The first-order valence-electron chi connectivity index (χ1n) is 3.72. The molecule has 62 valence electrons. The van der Waals surface area contributed by atoms with Crippen molar-refractivity contribution in [3.63, 3.8) is 0 Å². The highest BCUT2D eigenvalue weighted by Gasteiger charge is 2.13. The molecule has 1 N–H and O–H groups in total. The molecular weight excluding hydrogens is 150 g/mol. The van der Waals surface area contributed by atoms with Gasteiger partial charge in [0.15, 0.2) is 0 Å². The lowest BCUT2D eigenvalue weighted by atomic mass is 10.1. The molecule has 1 atom stereocenters. The molecule has 1 aliphatic heterocycles. The smallest absolute Gasteiger partial charge is 0.0506 e. The molecule has 1 aliphatic rings. The Balaban J connectivity index is 0.000000810. The molecule has 3 heteroatoms. The highest BCUT2D eigenvalue weighted by Crippen LogP contribution is 2.06. The summed E-state index contributed by atoms with van der Waals surface area (Å²) in [7, 11) is 0. The van der Waals surface area contributed by atoms with E-state index in [2.05, 4.69) is 5.32 Å². The number of ether oxygens (including phenoxy) is 1. The highest BCUT2D eigenvalue weighted by atomic mass is 35.5. The Hall–Kier alpha value is 0.210. The van der Waals surface area contributed by atoms with Crippen LogP contribution >= 0.6 is 12.4 Å². The Kier molecular flexibility index (Phi) is 6.08. The van der Waals surface area contributed by atoms with E-state index in [1.165, 1.54) is 13.0 Å². The first-order valence-corrected chi connectivity index (χ1v) is 3.72. The minimum Gasteiger partial charge on any atom is -0.381 e. The molecule has 1 unspecified atom stereocenters. The average Bonchev–Trinajstić information content (AvgIpc) is 2.34. The molecule has 2 nitrogen and oxygen atoms in total. The van der Waals surface area contributed by atoms with E-state index in [1.807, 2.05) is 6.92 Å². The summed E-state index contributed by atoms with van der Waals surface area (Å²) in [6.07, 6.45) is 1.29. The van der Waals surface area contributed by atoms with Gasteiger partial charge in [-0.15, -0.1) is 12.4 Å². The molecule has 1 heterocycles. The summed E-state index contributed by atoms with van der Waals surface area (Å²) in [5.74, 6) is 0.782. The molecule has 1 saturated heterocycles. The minimum absolute atomic E-state index is 0. The van der Waals surface area contributed by atoms with Crippen molar-refractivity contribution < 1.29 is 4.74 Å². The van der Waals surface area contributed by atoms with Gasteiger partial charge in [0, 0.05) is 13.2 Å². The topological polar surface area (TPSA) is 21.3 Å². The molecule has 0 spiro atoms. The first kappa shape index (κ1) is 10.2. The average molecular weight is 166 g/mol. The van der Waals surface area contributed by atoms with Gasteiger partial charge in [-0.2, -0.15) is 0 Å². The third-order valence-corrected chi connectivity index (χ3v) is 1.72. The van der Waals surface area contributed by atoms with Gasteiger partial charge in [-0.25, -0.2) is 0 Å². The second-order valence-electron chi connectivity index (χ2n) is 2.52. The fourth-order valence-corrected chi connectivity index (χ4v) is 1.14. The fourth-order valence-electron chi connectivity index (χ4n) is 1.14. The van der Waals surface area contributed by atoms with Crippen LogP contribution in [0.1, 0.15) is 13.3 Å². The third-order valence-electron chi connectivity index (χ3n) is 1.72. The Morgan fingerprint density at radius 2 is 2.40 bits per heavy atom. The lowest BCUT2D eigenvalue weighted by molar-refractivity contribution is 0.116. The summed E-state index contributed by atoms with van der Waals surface area (Å²) in [5, 5.41) is 3.30. The van der Waals surface area contributed by atoms with E-state index in [0.29, 0.717) is 0 Å². The summed E-state index contributed by atoms with van der Waals surface area (Å²) in [5.41, 5.74) is 0. The van der Waals surface area contributed by atoms with Crippen LogP contribution in [0, 0.1) is 5.92 Å². The van der Waals surface area contributed by atoms with Crippen molar-refractivity contribution in [1.29, 1.82) is 0 Å². The van der Waals surface area contributed by atoms with Gasteiger partial charge in [-0.05, 0) is 25.8 Å². The lowest BCUT2D eigenvalue weighted by Gasteiger charge is -2.05. The summed E-state index contributed by atoms with van der Waals surface area (Å²) in [6, 6.07) is 0. The maximum atomic E-state index is 5.28. The molecule has 0 bridgehead atoms. The summed E-state index contributed by atoms with van der Waals surface area (Å²) < 4.78 is 5.28. The number of hydrogen-bond donors (Lipinski definition) is 1. The molecule has 0 amide bonds. The Labute approximate surface area is 68.7 Å².